The van der Waals surface area contributed by atoms with E-state index in [9.17, 15) is 4.79 Å². The van der Waals surface area contributed by atoms with Crippen LogP contribution in [-0.4, -0.2) is 47.3 Å². The first kappa shape index (κ1) is 20.7. The number of hydrogen-bond donors (Lipinski definition) is 0. The van der Waals surface area contributed by atoms with E-state index >= 15 is 0 Å². The van der Waals surface area contributed by atoms with Crippen LogP contribution in [-0.2, 0) is 4.79 Å². The Kier molecular flexibility index (Phi) is 6.72. The number of carbonyl (C=O) groups is 1. The molecule has 0 aliphatic carbocycles. The first-order chi connectivity index (χ1) is 14.0. The molecule has 1 aliphatic rings. The van der Waals surface area contributed by atoms with Crippen LogP contribution < -0.4 is 4.90 Å². The molecule has 8 heteroatoms. The van der Waals surface area contributed by atoms with Crippen molar-refractivity contribution in [2.75, 3.05) is 25.5 Å². The predicted molar refractivity (Wildman–Crippen MR) is 122 cm³/mol. The fourth-order valence-corrected chi connectivity index (χ4v) is 3.19. The number of hydrogen-bond acceptors (Lipinski definition) is 6. The summed E-state index contributed by atoms with van der Waals surface area (Å²) >= 11 is 2.27. The van der Waals surface area contributed by atoms with Crippen LogP contribution in [0.5, 0.6) is 0 Å². The third-order valence-corrected chi connectivity index (χ3v) is 5.26. The largest absolute Gasteiger partial charge is 0.343 e. The quantitative estimate of drug-likeness (QED) is 0.451. The molecule has 2 aromatic rings. The van der Waals surface area contributed by atoms with E-state index in [1.165, 1.54) is 4.90 Å². The van der Waals surface area contributed by atoms with E-state index in [2.05, 4.69) is 43.6 Å². The van der Waals surface area contributed by atoms with Crippen molar-refractivity contribution in [3.05, 3.63) is 63.1 Å². The fourth-order valence-electron chi connectivity index (χ4n) is 2.62. The maximum Gasteiger partial charge on any atom is 0.277 e. The fraction of sp³-hybridized carbons (Fsp3) is 0.190. The van der Waals surface area contributed by atoms with E-state index in [0.29, 0.717) is 36.0 Å². The number of benzene rings is 1. The zero-order valence-electron chi connectivity index (χ0n) is 16.1. The predicted octanol–water partition coefficient (Wildman–Crippen LogP) is 3.36. The SMILES string of the molecule is CN1C(=O)/C(=C/c2cnc(N(C)CCC#N)nc2)N=C1/C=C/c1ccccc1I. The molecule has 0 unspecified atom stereocenters. The summed E-state index contributed by atoms with van der Waals surface area (Å²) in [6.07, 6.45) is 9.13. The van der Waals surface area contributed by atoms with Gasteiger partial charge in [-0.15, -0.1) is 0 Å². The number of halogens is 1. The minimum absolute atomic E-state index is 0.178. The zero-order chi connectivity index (χ0) is 20.8. The van der Waals surface area contributed by atoms with Gasteiger partial charge in [-0.05, 0) is 46.4 Å². The molecule has 0 atom stereocenters. The lowest BCUT2D eigenvalue weighted by molar-refractivity contribution is -0.121. The van der Waals surface area contributed by atoms with Crippen molar-refractivity contribution >= 4 is 52.4 Å². The molecule has 1 amide bonds. The van der Waals surface area contributed by atoms with E-state index in [4.69, 9.17) is 5.26 Å². The maximum absolute atomic E-state index is 12.5. The van der Waals surface area contributed by atoms with Crippen LogP contribution in [0.2, 0.25) is 0 Å². The minimum atomic E-state index is -0.178. The van der Waals surface area contributed by atoms with E-state index in [0.717, 1.165) is 9.13 Å². The van der Waals surface area contributed by atoms with E-state index < -0.39 is 0 Å². The molecular weight excluding hydrogens is 479 g/mol. The molecule has 1 aliphatic heterocycles. The number of amides is 1. The molecule has 7 nitrogen and oxygen atoms in total. The Hall–Kier alpha value is -3.06. The number of rotatable bonds is 6. The van der Waals surface area contributed by atoms with E-state index in [-0.39, 0.29) is 5.91 Å². The molecule has 1 aromatic heterocycles. The third kappa shape index (κ3) is 5.06. The van der Waals surface area contributed by atoms with Crippen LogP contribution in [0.4, 0.5) is 5.95 Å². The molecule has 0 spiro atoms. The van der Waals surface area contributed by atoms with E-state index in [1.54, 1.807) is 30.4 Å². The van der Waals surface area contributed by atoms with Gasteiger partial charge in [-0.1, -0.05) is 24.3 Å². The van der Waals surface area contributed by atoms with Gasteiger partial charge in [0, 0.05) is 42.2 Å². The van der Waals surface area contributed by atoms with Gasteiger partial charge >= 0.3 is 0 Å². The summed E-state index contributed by atoms with van der Waals surface area (Å²) in [5, 5.41) is 8.67. The average molecular weight is 498 g/mol. The van der Waals surface area contributed by atoms with Gasteiger partial charge in [0.25, 0.3) is 5.91 Å². The van der Waals surface area contributed by atoms with Crippen LogP contribution in [0.15, 0.2) is 53.4 Å². The molecule has 2 heterocycles. The number of carbonyl (C=O) groups excluding carboxylic acids is 1. The molecule has 146 valence electrons. The first-order valence-electron chi connectivity index (χ1n) is 8.91. The second kappa shape index (κ2) is 9.43. The maximum atomic E-state index is 12.5. The highest BCUT2D eigenvalue weighted by molar-refractivity contribution is 14.1. The summed E-state index contributed by atoms with van der Waals surface area (Å²) in [5.41, 5.74) is 2.09. The molecule has 0 bridgehead atoms. The van der Waals surface area contributed by atoms with Crippen LogP contribution in [0.3, 0.4) is 0 Å². The number of amidine groups is 1. The highest BCUT2D eigenvalue weighted by Gasteiger charge is 2.25. The number of nitrogens with zero attached hydrogens (tertiary/aromatic N) is 6. The lowest BCUT2D eigenvalue weighted by atomic mass is 10.2. The van der Waals surface area contributed by atoms with Gasteiger partial charge in [-0.3, -0.25) is 9.69 Å². The van der Waals surface area contributed by atoms with Crippen molar-refractivity contribution in [1.29, 1.82) is 5.26 Å². The van der Waals surface area contributed by atoms with Crippen molar-refractivity contribution in [3.63, 3.8) is 0 Å². The van der Waals surface area contributed by atoms with Crippen LogP contribution in [0.1, 0.15) is 17.5 Å². The molecule has 0 saturated heterocycles. The standard InChI is InChI=1S/C21H19IN6O/c1-27(11-5-10-23)21-24-13-15(14-25-21)12-18-20(29)28(2)19(26-18)9-8-16-6-3-4-7-17(16)22/h3-4,6-9,12-14H,5,11H2,1-2H3/b9-8+,18-12-. The Morgan fingerprint density at radius 1 is 1.24 bits per heavy atom. The molecule has 0 radical (unpaired) electrons. The third-order valence-electron chi connectivity index (χ3n) is 4.28. The van der Waals surface area contributed by atoms with Crippen LogP contribution in [0.25, 0.3) is 12.2 Å². The molecule has 0 fully saturated rings. The van der Waals surface area contributed by atoms with Gasteiger partial charge in [0.15, 0.2) is 0 Å². The Balaban J connectivity index is 1.78. The monoisotopic (exact) mass is 498 g/mol. The Labute approximate surface area is 183 Å². The number of aromatic nitrogens is 2. The number of aliphatic imine (C=N–C) groups is 1. The summed E-state index contributed by atoms with van der Waals surface area (Å²) in [6.45, 7) is 0.556. The summed E-state index contributed by atoms with van der Waals surface area (Å²) in [4.78, 5) is 28.9. The first-order valence-corrected chi connectivity index (χ1v) is 9.98. The van der Waals surface area contributed by atoms with Crippen molar-refractivity contribution in [2.45, 2.75) is 6.42 Å². The lowest BCUT2D eigenvalue weighted by Crippen LogP contribution is -2.26. The normalized spacial score (nSPS) is 15.1. The second-order valence-electron chi connectivity index (χ2n) is 6.36. The van der Waals surface area contributed by atoms with Gasteiger partial charge in [0.05, 0.1) is 12.5 Å². The summed E-state index contributed by atoms with van der Waals surface area (Å²) in [7, 11) is 3.53. The summed E-state index contributed by atoms with van der Waals surface area (Å²) in [5.74, 6) is 0.930. The van der Waals surface area contributed by atoms with Gasteiger partial charge < -0.3 is 4.90 Å². The highest BCUT2D eigenvalue weighted by Crippen LogP contribution is 2.19. The van der Waals surface area contributed by atoms with Gasteiger partial charge in [-0.25, -0.2) is 15.0 Å². The van der Waals surface area contributed by atoms with Crippen molar-refractivity contribution in [2.24, 2.45) is 4.99 Å². The lowest BCUT2D eigenvalue weighted by Gasteiger charge is -2.14. The van der Waals surface area contributed by atoms with Crippen molar-refractivity contribution in [3.8, 4) is 6.07 Å². The average Bonchev–Trinajstić information content (AvgIpc) is 3.00. The smallest absolute Gasteiger partial charge is 0.277 e. The van der Waals surface area contributed by atoms with Gasteiger partial charge in [0.2, 0.25) is 5.95 Å². The van der Waals surface area contributed by atoms with Crippen molar-refractivity contribution in [1.82, 2.24) is 14.9 Å². The summed E-state index contributed by atoms with van der Waals surface area (Å²) < 4.78 is 1.13. The number of anilines is 1. The van der Waals surface area contributed by atoms with Crippen molar-refractivity contribution < 1.29 is 4.79 Å². The molecule has 0 N–H and O–H groups in total. The zero-order valence-corrected chi connectivity index (χ0v) is 18.2. The molecular formula is C21H19IN6O. The topological polar surface area (TPSA) is 85.5 Å². The number of nitriles is 1. The molecule has 29 heavy (non-hydrogen) atoms. The van der Waals surface area contributed by atoms with E-state index in [1.807, 2.05) is 43.5 Å². The second-order valence-corrected chi connectivity index (χ2v) is 7.53. The Morgan fingerprint density at radius 3 is 2.66 bits per heavy atom. The summed E-state index contributed by atoms with van der Waals surface area (Å²) in [6, 6.07) is 10.1. The molecule has 3 rings (SSSR count). The molecule has 1 aromatic carbocycles. The Morgan fingerprint density at radius 2 is 1.97 bits per heavy atom. The van der Waals surface area contributed by atoms with Crippen LogP contribution >= 0.6 is 22.6 Å². The highest BCUT2D eigenvalue weighted by atomic mass is 127. The number of likely N-dealkylation sites (N-methyl/N-ethyl adjacent to an activating group) is 1. The van der Waals surface area contributed by atoms with Gasteiger partial charge in [0.1, 0.15) is 11.5 Å². The molecule has 0 saturated carbocycles. The van der Waals surface area contributed by atoms with Crippen LogP contribution in [0, 0.1) is 14.9 Å². The minimum Gasteiger partial charge on any atom is -0.343 e. The Bertz CT molecular complexity index is 1040. The van der Waals surface area contributed by atoms with Gasteiger partial charge in [-0.2, -0.15) is 5.26 Å².